The third-order valence-corrected chi connectivity index (χ3v) is 4.07. The fourth-order valence-corrected chi connectivity index (χ4v) is 2.53. The SMILES string of the molecule is CC(C)(C)c1ccc(C(O)c2cc(F)ccc2Br)cc1. The Kier molecular flexibility index (Phi) is 4.31. The van der Waals surface area contributed by atoms with Crippen LogP contribution in [0.15, 0.2) is 46.9 Å². The van der Waals surface area contributed by atoms with Crippen LogP contribution in [0, 0.1) is 5.82 Å². The molecule has 0 aromatic heterocycles. The van der Waals surface area contributed by atoms with Crippen LogP contribution in [0.1, 0.15) is 43.6 Å². The predicted molar refractivity (Wildman–Crippen MR) is 83.3 cm³/mol. The fourth-order valence-electron chi connectivity index (χ4n) is 2.07. The van der Waals surface area contributed by atoms with Crippen LogP contribution < -0.4 is 0 Å². The molecule has 0 aliphatic heterocycles. The van der Waals surface area contributed by atoms with Gasteiger partial charge in [-0.05, 0) is 34.7 Å². The van der Waals surface area contributed by atoms with Crippen LogP contribution >= 0.6 is 15.9 Å². The lowest BCUT2D eigenvalue weighted by Gasteiger charge is -2.20. The largest absolute Gasteiger partial charge is 0.384 e. The molecule has 1 nitrogen and oxygen atoms in total. The normalized spacial score (nSPS) is 13.3. The zero-order chi connectivity index (χ0) is 14.9. The zero-order valence-corrected chi connectivity index (χ0v) is 13.4. The zero-order valence-electron chi connectivity index (χ0n) is 11.8. The molecule has 106 valence electrons. The maximum Gasteiger partial charge on any atom is 0.123 e. The van der Waals surface area contributed by atoms with E-state index in [1.807, 2.05) is 24.3 Å². The average molecular weight is 337 g/mol. The molecule has 0 radical (unpaired) electrons. The summed E-state index contributed by atoms with van der Waals surface area (Å²) in [5, 5.41) is 10.4. The molecular formula is C17H18BrFO. The summed E-state index contributed by atoms with van der Waals surface area (Å²) in [5.41, 5.74) is 2.56. The van der Waals surface area contributed by atoms with E-state index in [2.05, 4.69) is 36.7 Å². The number of benzene rings is 2. The Morgan fingerprint density at radius 2 is 1.65 bits per heavy atom. The van der Waals surface area contributed by atoms with Crippen LogP contribution in [0.4, 0.5) is 4.39 Å². The molecule has 0 amide bonds. The lowest BCUT2D eigenvalue weighted by molar-refractivity contribution is 0.219. The van der Waals surface area contributed by atoms with E-state index < -0.39 is 6.10 Å². The Morgan fingerprint density at radius 1 is 1.05 bits per heavy atom. The van der Waals surface area contributed by atoms with E-state index in [1.165, 1.54) is 17.7 Å². The first-order chi connectivity index (χ1) is 9.29. The molecule has 0 saturated heterocycles. The minimum absolute atomic E-state index is 0.0723. The van der Waals surface area contributed by atoms with E-state index in [1.54, 1.807) is 6.07 Å². The van der Waals surface area contributed by atoms with Crippen LogP contribution in [0.3, 0.4) is 0 Å². The first kappa shape index (κ1) is 15.2. The van der Waals surface area contributed by atoms with Gasteiger partial charge >= 0.3 is 0 Å². The Balaban J connectivity index is 2.34. The quantitative estimate of drug-likeness (QED) is 0.821. The van der Waals surface area contributed by atoms with Gasteiger partial charge in [-0.2, -0.15) is 0 Å². The first-order valence-electron chi connectivity index (χ1n) is 6.52. The Bertz CT molecular complexity index is 599. The highest BCUT2D eigenvalue weighted by Crippen LogP contribution is 2.30. The Morgan fingerprint density at radius 3 is 2.20 bits per heavy atom. The number of halogens is 2. The van der Waals surface area contributed by atoms with E-state index in [4.69, 9.17) is 0 Å². The number of aliphatic hydroxyl groups excluding tert-OH is 1. The number of hydrogen-bond acceptors (Lipinski definition) is 1. The molecule has 0 saturated carbocycles. The maximum absolute atomic E-state index is 13.3. The van der Waals surface area contributed by atoms with Gasteiger partial charge < -0.3 is 5.11 Å². The number of hydrogen-bond donors (Lipinski definition) is 1. The second-order valence-electron chi connectivity index (χ2n) is 5.94. The van der Waals surface area contributed by atoms with Gasteiger partial charge in [0, 0.05) is 10.0 Å². The van der Waals surface area contributed by atoms with Gasteiger partial charge in [0.25, 0.3) is 0 Å². The summed E-state index contributed by atoms with van der Waals surface area (Å²) in [7, 11) is 0. The molecule has 3 heteroatoms. The van der Waals surface area contributed by atoms with Crippen molar-refractivity contribution in [3.05, 3.63) is 69.4 Å². The minimum Gasteiger partial charge on any atom is -0.384 e. The van der Waals surface area contributed by atoms with Crippen LogP contribution in [-0.4, -0.2) is 5.11 Å². The van der Waals surface area contributed by atoms with Gasteiger partial charge in [-0.15, -0.1) is 0 Å². The molecule has 1 unspecified atom stereocenters. The molecule has 1 N–H and O–H groups in total. The Hall–Kier alpha value is -1.19. The molecule has 2 aromatic carbocycles. The monoisotopic (exact) mass is 336 g/mol. The van der Waals surface area contributed by atoms with Gasteiger partial charge in [-0.3, -0.25) is 0 Å². The molecule has 0 aliphatic carbocycles. The summed E-state index contributed by atoms with van der Waals surface area (Å²) < 4.78 is 14.0. The highest BCUT2D eigenvalue weighted by molar-refractivity contribution is 9.10. The molecule has 0 spiro atoms. The highest BCUT2D eigenvalue weighted by Gasteiger charge is 2.17. The van der Waals surface area contributed by atoms with E-state index in [-0.39, 0.29) is 11.2 Å². The van der Waals surface area contributed by atoms with Crippen molar-refractivity contribution >= 4 is 15.9 Å². The minimum atomic E-state index is -0.839. The van der Waals surface area contributed by atoms with E-state index in [0.29, 0.717) is 10.0 Å². The molecule has 1 atom stereocenters. The summed E-state index contributed by atoms with van der Waals surface area (Å²) in [4.78, 5) is 0. The standard InChI is InChI=1S/C17H18BrFO/c1-17(2,3)12-6-4-11(5-7-12)16(20)14-10-13(19)8-9-15(14)18/h4-10,16,20H,1-3H3. The predicted octanol–water partition coefficient (Wildman–Crippen LogP) is 4.97. The van der Waals surface area contributed by atoms with Gasteiger partial charge in [0.05, 0.1) is 0 Å². The van der Waals surface area contributed by atoms with Crippen molar-refractivity contribution in [3.63, 3.8) is 0 Å². The van der Waals surface area contributed by atoms with Crippen LogP contribution in [0.2, 0.25) is 0 Å². The smallest absolute Gasteiger partial charge is 0.123 e. The van der Waals surface area contributed by atoms with Crippen molar-refractivity contribution in [2.24, 2.45) is 0 Å². The lowest BCUT2D eigenvalue weighted by Crippen LogP contribution is -2.11. The molecule has 2 rings (SSSR count). The third-order valence-electron chi connectivity index (χ3n) is 3.35. The van der Waals surface area contributed by atoms with Crippen LogP contribution in [0.5, 0.6) is 0 Å². The van der Waals surface area contributed by atoms with Crippen molar-refractivity contribution in [3.8, 4) is 0 Å². The van der Waals surface area contributed by atoms with Crippen molar-refractivity contribution in [2.45, 2.75) is 32.3 Å². The van der Waals surface area contributed by atoms with Crippen molar-refractivity contribution in [1.29, 1.82) is 0 Å². The van der Waals surface area contributed by atoms with Gasteiger partial charge in [0.15, 0.2) is 0 Å². The second kappa shape index (κ2) is 5.66. The third kappa shape index (κ3) is 3.28. The van der Waals surface area contributed by atoms with Crippen LogP contribution in [-0.2, 0) is 5.41 Å². The van der Waals surface area contributed by atoms with Gasteiger partial charge in [0.2, 0.25) is 0 Å². The fraction of sp³-hybridized carbons (Fsp3) is 0.294. The van der Waals surface area contributed by atoms with Crippen molar-refractivity contribution in [2.75, 3.05) is 0 Å². The summed E-state index contributed by atoms with van der Waals surface area (Å²) in [6.45, 7) is 6.42. The summed E-state index contributed by atoms with van der Waals surface area (Å²) in [5.74, 6) is -0.353. The second-order valence-corrected chi connectivity index (χ2v) is 6.79. The molecule has 0 heterocycles. The van der Waals surface area contributed by atoms with Gasteiger partial charge in [0.1, 0.15) is 11.9 Å². The van der Waals surface area contributed by atoms with E-state index >= 15 is 0 Å². The van der Waals surface area contributed by atoms with E-state index in [0.717, 1.165) is 5.56 Å². The molecule has 20 heavy (non-hydrogen) atoms. The molecule has 0 aliphatic rings. The van der Waals surface area contributed by atoms with Gasteiger partial charge in [-0.1, -0.05) is 61.0 Å². The molecular weight excluding hydrogens is 319 g/mol. The first-order valence-corrected chi connectivity index (χ1v) is 7.32. The van der Waals surface area contributed by atoms with Crippen molar-refractivity contribution in [1.82, 2.24) is 0 Å². The number of aliphatic hydroxyl groups is 1. The highest BCUT2D eigenvalue weighted by atomic mass is 79.9. The molecule has 0 fully saturated rings. The topological polar surface area (TPSA) is 20.2 Å². The van der Waals surface area contributed by atoms with Crippen molar-refractivity contribution < 1.29 is 9.50 Å². The van der Waals surface area contributed by atoms with Gasteiger partial charge in [-0.25, -0.2) is 4.39 Å². The maximum atomic E-state index is 13.3. The molecule has 2 aromatic rings. The summed E-state index contributed by atoms with van der Waals surface area (Å²) >= 11 is 3.35. The number of rotatable bonds is 2. The molecule has 0 bridgehead atoms. The average Bonchev–Trinajstić information content (AvgIpc) is 2.40. The Labute approximate surface area is 127 Å². The summed E-state index contributed by atoms with van der Waals surface area (Å²) in [6.07, 6.45) is -0.839. The summed E-state index contributed by atoms with van der Waals surface area (Å²) in [6, 6.07) is 12.1. The van der Waals surface area contributed by atoms with Crippen LogP contribution in [0.25, 0.3) is 0 Å². The van der Waals surface area contributed by atoms with E-state index in [9.17, 15) is 9.50 Å². The lowest BCUT2D eigenvalue weighted by atomic mass is 9.86.